The van der Waals surface area contributed by atoms with Gasteiger partial charge in [0.05, 0.1) is 25.6 Å². The minimum absolute atomic E-state index is 0.0503. The summed E-state index contributed by atoms with van der Waals surface area (Å²) in [6.07, 6.45) is 7.20. The van der Waals surface area contributed by atoms with Crippen molar-refractivity contribution in [3.63, 3.8) is 0 Å². The van der Waals surface area contributed by atoms with Gasteiger partial charge in [0.1, 0.15) is 18.2 Å². The highest BCUT2D eigenvalue weighted by Gasteiger charge is 2.22. The molecule has 0 unspecified atom stereocenters. The molecule has 1 aliphatic rings. The van der Waals surface area contributed by atoms with Crippen molar-refractivity contribution in [2.45, 2.75) is 44.6 Å². The maximum Gasteiger partial charge on any atom is 0.282 e. The van der Waals surface area contributed by atoms with E-state index in [-0.39, 0.29) is 17.2 Å². The van der Waals surface area contributed by atoms with Crippen LogP contribution in [0.3, 0.4) is 0 Å². The van der Waals surface area contributed by atoms with Crippen LogP contribution >= 0.6 is 22.6 Å². The number of nitro benzene ring substituents is 1. The number of rotatable bonds is 7. The van der Waals surface area contributed by atoms with Gasteiger partial charge in [0.25, 0.3) is 11.2 Å². The molecule has 5 rings (SSSR count). The van der Waals surface area contributed by atoms with Crippen LogP contribution in [0.4, 0.5) is 5.69 Å². The maximum absolute atomic E-state index is 13.4. The predicted molar refractivity (Wildman–Crippen MR) is 151 cm³/mol. The molecule has 1 aliphatic carbocycles. The minimum Gasteiger partial charge on any atom is -0.488 e. The average molecular weight is 608 g/mol. The van der Waals surface area contributed by atoms with E-state index in [1.165, 1.54) is 23.2 Å². The first kappa shape index (κ1) is 25.1. The third-order valence-corrected chi connectivity index (χ3v) is 7.41. The molecule has 1 fully saturated rings. The van der Waals surface area contributed by atoms with Crippen LogP contribution in [0.15, 0.2) is 76.6 Å². The van der Waals surface area contributed by atoms with Gasteiger partial charge in [0, 0.05) is 18.1 Å². The molecule has 0 saturated heterocycles. The number of non-ortho nitro benzene ring substituents is 1. The molecule has 1 heterocycles. The Hall–Kier alpha value is -3.60. The number of nitro groups is 1. The van der Waals surface area contributed by atoms with E-state index in [1.54, 1.807) is 24.4 Å². The molecule has 1 saturated carbocycles. The Morgan fingerprint density at radius 1 is 1.08 bits per heavy atom. The van der Waals surface area contributed by atoms with E-state index in [4.69, 9.17) is 9.72 Å². The van der Waals surface area contributed by atoms with Gasteiger partial charge in [0.2, 0.25) is 0 Å². The second kappa shape index (κ2) is 11.2. The number of hydrogen-bond acceptors (Lipinski definition) is 6. The number of ether oxygens (including phenoxy) is 1. The third kappa shape index (κ3) is 5.71. The molecule has 3 aromatic carbocycles. The zero-order chi connectivity index (χ0) is 25.8. The molecule has 0 atom stereocenters. The summed E-state index contributed by atoms with van der Waals surface area (Å²) < 4.78 is 8.28. The summed E-state index contributed by atoms with van der Waals surface area (Å²) in [4.78, 5) is 28.6. The van der Waals surface area contributed by atoms with Crippen LogP contribution in [-0.2, 0) is 6.61 Å². The van der Waals surface area contributed by atoms with Crippen molar-refractivity contribution in [1.82, 2.24) is 9.66 Å². The van der Waals surface area contributed by atoms with Crippen LogP contribution in [0.1, 0.15) is 55.0 Å². The number of benzene rings is 3. The zero-order valence-electron chi connectivity index (χ0n) is 20.0. The van der Waals surface area contributed by atoms with Crippen LogP contribution in [0.2, 0.25) is 0 Å². The second-order valence-corrected chi connectivity index (χ2v) is 10.2. The Morgan fingerprint density at radius 3 is 2.57 bits per heavy atom. The lowest BCUT2D eigenvalue weighted by molar-refractivity contribution is -0.384. The van der Waals surface area contributed by atoms with Crippen LogP contribution in [0.5, 0.6) is 5.75 Å². The monoisotopic (exact) mass is 608 g/mol. The first-order valence-electron chi connectivity index (χ1n) is 12.2. The first-order chi connectivity index (χ1) is 18.0. The van der Waals surface area contributed by atoms with Crippen molar-refractivity contribution in [3.8, 4) is 5.75 Å². The molecule has 0 amide bonds. The molecular weight excluding hydrogens is 583 g/mol. The average Bonchev–Trinajstić information content (AvgIpc) is 2.92. The quantitative estimate of drug-likeness (QED) is 0.104. The third-order valence-electron chi connectivity index (χ3n) is 6.57. The number of fused-ring (bicyclic) bond motifs is 1. The zero-order valence-corrected chi connectivity index (χ0v) is 22.2. The highest BCUT2D eigenvalue weighted by Crippen LogP contribution is 2.32. The lowest BCUT2D eigenvalue weighted by Crippen LogP contribution is -2.25. The first-order valence-corrected chi connectivity index (χ1v) is 13.3. The summed E-state index contributed by atoms with van der Waals surface area (Å²) in [6.45, 7) is 0.296. The summed E-state index contributed by atoms with van der Waals surface area (Å²) in [6, 6.07) is 19.4. The van der Waals surface area contributed by atoms with Gasteiger partial charge < -0.3 is 4.74 Å². The molecule has 1 aromatic heterocycles. The molecule has 0 spiro atoms. The fourth-order valence-corrected chi connectivity index (χ4v) is 5.29. The van der Waals surface area contributed by atoms with E-state index in [9.17, 15) is 14.9 Å². The van der Waals surface area contributed by atoms with Gasteiger partial charge in [-0.2, -0.15) is 9.78 Å². The van der Waals surface area contributed by atoms with Gasteiger partial charge in [-0.1, -0.05) is 31.4 Å². The number of nitrogens with zero attached hydrogens (tertiary/aromatic N) is 4. The van der Waals surface area contributed by atoms with E-state index < -0.39 is 4.92 Å². The predicted octanol–water partition coefficient (Wildman–Crippen LogP) is 6.42. The molecule has 9 heteroatoms. The standard InChI is InChI=1S/C28H25IN4O4/c29-24-16-20(12-15-26(24)37-18-19-10-13-22(14-11-19)33(35)36)17-30-32-27(21-6-2-1-3-7-21)31-25-9-5-4-8-23(25)28(32)34/h4-5,8-17,21H,1-3,6-7,18H2. The van der Waals surface area contributed by atoms with E-state index >= 15 is 0 Å². The number of halogens is 1. The van der Waals surface area contributed by atoms with Crippen LogP contribution in [-0.4, -0.2) is 20.8 Å². The van der Waals surface area contributed by atoms with Crippen molar-refractivity contribution in [3.05, 3.63) is 108 Å². The highest BCUT2D eigenvalue weighted by molar-refractivity contribution is 14.1. The van der Waals surface area contributed by atoms with Gasteiger partial charge >= 0.3 is 0 Å². The maximum atomic E-state index is 13.4. The van der Waals surface area contributed by atoms with Crippen molar-refractivity contribution in [2.24, 2.45) is 5.10 Å². The van der Waals surface area contributed by atoms with Gasteiger partial charge in [-0.3, -0.25) is 14.9 Å². The topological polar surface area (TPSA) is 99.6 Å². The van der Waals surface area contributed by atoms with Crippen molar-refractivity contribution in [1.29, 1.82) is 0 Å². The minimum atomic E-state index is -0.423. The molecule has 4 aromatic rings. The number of para-hydroxylation sites is 1. The Balaban J connectivity index is 1.38. The fourth-order valence-electron chi connectivity index (χ4n) is 4.59. The van der Waals surface area contributed by atoms with E-state index in [0.29, 0.717) is 23.3 Å². The Labute approximate surface area is 227 Å². The SMILES string of the molecule is O=c1c2ccccc2nc(C2CCCCC2)n1N=Cc1ccc(OCc2ccc([N+](=O)[O-])cc2)c(I)c1. The van der Waals surface area contributed by atoms with Crippen LogP contribution < -0.4 is 10.3 Å². The Morgan fingerprint density at radius 2 is 1.84 bits per heavy atom. The van der Waals surface area contributed by atoms with Gasteiger partial charge in [0.15, 0.2) is 0 Å². The summed E-state index contributed by atoms with van der Waals surface area (Å²) in [5.74, 6) is 1.65. The van der Waals surface area contributed by atoms with E-state index in [1.807, 2.05) is 36.4 Å². The smallest absolute Gasteiger partial charge is 0.282 e. The lowest BCUT2D eigenvalue weighted by atomic mass is 9.88. The molecule has 0 radical (unpaired) electrons. The number of hydrogen-bond donors (Lipinski definition) is 0. The highest BCUT2D eigenvalue weighted by atomic mass is 127. The largest absolute Gasteiger partial charge is 0.488 e. The summed E-state index contributed by atoms with van der Waals surface area (Å²) in [5.41, 5.74) is 2.28. The molecule has 0 N–H and O–H groups in total. The van der Waals surface area contributed by atoms with Crippen molar-refractivity contribution < 1.29 is 9.66 Å². The molecule has 8 nitrogen and oxygen atoms in total. The van der Waals surface area contributed by atoms with Gasteiger partial charge in [-0.05, 0) is 89.0 Å². The molecule has 0 aliphatic heterocycles. The van der Waals surface area contributed by atoms with Crippen LogP contribution in [0, 0.1) is 13.7 Å². The normalized spacial score (nSPS) is 14.3. The van der Waals surface area contributed by atoms with Crippen LogP contribution in [0.25, 0.3) is 10.9 Å². The van der Waals surface area contributed by atoms with E-state index in [2.05, 4.69) is 27.7 Å². The lowest BCUT2D eigenvalue weighted by Gasteiger charge is -2.22. The molecule has 37 heavy (non-hydrogen) atoms. The fraction of sp³-hybridized carbons (Fsp3) is 0.250. The van der Waals surface area contributed by atoms with Gasteiger partial charge in [-0.15, -0.1) is 0 Å². The van der Waals surface area contributed by atoms with Crippen molar-refractivity contribution >= 4 is 45.4 Å². The van der Waals surface area contributed by atoms with Crippen molar-refractivity contribution in [2.75, 3.05) is 0 Å². The van der Waals surface area contributed by atoms with E-state index in [0.717, 1.165) is 46.2 Å². The second-order valence-electron chi connectivity index (χ2n) is 9.09. The summed E-state index contributed by atoms with van der Waals surface area (Å²) in [7, 11) is 0. The molecule has 0 bridgehead atoms. The molecular formula is C28H25IN4O4. The molecule has 188 valence electrons. The van der Waals surface area contributed by atoms with Gasteiger partial charge in [-0.25, -0.2) is 4.98 Å². The summed E-state index contributed by atoms with van der Waals surface area (Å²) in [5, 5.41) is 16.0. The Kier molecular flexibility index (Phi) is 7.59. The Bertz CT molecular complexity index is 1530. The summed E-state index contributed by atoms with van der Waals surface area (Å²) >= 11 is 2.20. The number of aromatic nitrogens is 2.